The van der Waals surface area contributed by atoms with Crippen molar-refractivity contribution < 1.29 is 14.8 Å². The van der Waals surface area contributed by atoms with Crippen molar-refractivity contribution in [1.29, 1.82) is 5.26 Å². The zero-order valence-corrected chi connectivity index (χ0v) is 17.5. The average molecular weight is 417 g/mol. The number of aliphatic hydroxyl groups is 1. The van der Waals surface area contributed by atoms with Crippen molar-refractivity contribution in [1.82, 2.24) is 9.55 Å². The van der Waals surface area contributed by atoms with Crippen LogP contribution < -0.4 is 10.2 Å². The number of nitrogens with one attached hydrogen (secondary N) is 2. The Balaban J connectivity index is 1.41. The number of hydrogen-bond donors (Lipinski definition) is 3. The fourth-order valence-electron chi connectivity index (χ4n) is 4.17. The second kappa shape index (κ2) is 9.02. The molecule has 0 unspecified atom stereocenters. The van der Waals surface area contributed by atoms with Crippen molar-refractivity contribution in [2.75, 3.05) is 25.0 Å². The summed E-state index contributed by atoms with van der Waals surface area (Å²) in [6, 6.07) is 19.3. The minimum absolute atomic E-state index is 0.0367. The smallest absolute Gasteiger partial charge is 0.227 e. The third-order valence-corrected chi connectivity index (χ3v) is 5.93. The number of hydrogen-bond acceptors (Lipinski definition) is 4. The van der Waals surface area contributed by atoms with E-state index >= 15 is 0 Å². The highest BCUT2D eigenvalue weighted by Crippen LogP contribution is 2.21. The number of carbonyl (C=O) groups is 1. The largest absolute Gasteiger partial charge is 0.506 e. The topological polar surface area (TPSA) is 95.4 Å². The average Bonchev–Trinajstić information content (AvgIpc) is 3.12. The Morgan fingerprint density at radius 3 is 2.55 bits per heavy atom. The molecule has 0 aliphatic carbocycles. The maximum atomic E-state index is 12.5. The number of rotatable bonds is 5. The number of aliphatic hydroxyl groups excluding tert-OH is 1. The Bertz CT molecular complexity index is 1150. The SMILES string of the molecule is Cn1c(/C(C#N)=C(\O)C[NH+]2CCC(C(=O)Nc3ccccc3)CC2)nc2ccccc21. The van der Waals surface area contributed by atoms with Crippen LogP contribution in [0.3, 0.4) is 0 Å². The van der Waals surface area contributed by atoms with Crippen LogP contribution in [-0.2, 0) is 11.8 Å². The monoisotopic (exact) mass is 416 g/mol. The van der Waals surface area contributed by atoms with E-state index < -0.39 is 0 Å². The molecule has 1 aromatic heterocycles. The van der Waals surface area contributed by atoms with E-state index in [4.69, 9.17) is 0 Å². The predicted molar refractivity (Wildman–Crippen MR) is 119 cm³/mol. The first-order valence-electron chi connectivity index (χ1n) is 10.5. The summed E-state index contributed by atoms with van der Waals surface area (Å²) in [5.41, 5.74) is 2.72. The van der Waals surface area contributed by atoms with E-state index in [1.165, 1.54) is 0 Å². The van der Waals surface area contributed by atoms with Crippen LogP contribution in [0.4, 0.5) is 5.69 Å². The third kappa shape index (κ3) is 4.44. The predicted octanol–water partition coefficient (Wildman–Crippen LogP) is 2.30. The Kier molecular flexibility index (Phi) is 6.01. The van der Waals surface area contributed by atoms with Gasteiger partial charge in [0.25, 0.3) is 0 Å². The standard InChI is InChI=1S/C24H25N5O2/c1-28-21-10-6-5-9-20(21)27-23(28)19(15-25)22(30)16-29-13-11-17(12-14-29)24(31)26-18-7-3-2-4-8-18/h2-10,17,30H,11-14,16H2,1H3,(H,26,31)/p+1/b22-19-. The second-order valence-corrected chi connectivity index (χ2v) is 7.97. The highest BCUT2D eigenvalue weighted by atomic mass is 16.3. The summed E-state index contributed by atoms with van der Waals surface area (Å²) in [6.45, 7) is 1.87. The lowest BCUT2D eigenvalue weighted by Crippen LogP contribution is -3.13. The van der Waals surface area contributed by atoms with Crippen molar-refractivity contribution in [2.45, 2.75) is 12.8 Å². The van der Waals surface area contributed by atoms with Crippen LogP contribution in [0.15, 0.2) is 60.4 Å². The molecule has 7 heteroatoms. The lowest BCUT2D eigenvalue weighted by Gasteiger charge is -2.28. The minimum Gasteiger partial charge on any atom is -0.506 e. The van der Waals surface area contributed by atoms with E-state index in [9.17, 15) is 15.2 Å². The molecule has 0 saturated carbocycles. The summed E-state index contributed by atoms with van der Waals surface area (Å²) in [7, 11) is 1.85. The first kappa shape index (κ1) is 20.6. The van der Waals surface area contributed by atoms with E-state index in [1.807, 2.05) is 66.2 Å². The Labute approximate surface area is 181 Å². The van der Waals surface area contributed by atoms with Gasteiger partial charge in [0.15, 0.2) is 11.6 Å². The number of likely N-dealkylation sites (tertiary alicyclic amines) is 1. The highest BCUT2D eigenvalue weighted by Gasteiger charge is 2.29. The summed E-state index contributed by atoms with van der Waals surface area (Å²) < 4.78 is 1.83. The van der Waals surface area contributed by atoms with Gasteiger partial charge in [-0.15, -0.1) is 0 Å². The number of aryl methyl sites for hydroxylation is 1. The summed E-state index contributed by atoms with van der Waals surface area (Å²) in [5, 5.41) is 23.4. The second-order valence-electron chi connectivity index (χ2n) is 7.97. The molecule has 31 heavy (non-hydrogen) atoms. The van der Waals surface area contributed by atoms with E-state index in [-0.39, 0.29) is 23.2 Å². The molecule has 4 rings (SSSR count). The number of benzene rings is 2. The molecule has 3 aromatic rings. The van der Waals surface area contributed by atoms with Gasteiger partial charge in [0.2, 0.25) is 5.91 Å². The number of piperidine rings is 1. The summed E-state index contributed by atoms with van der Waals surface area (Å²) in [5.74, 6) is 0.522. The Hall–Kier alpha value is -3.63. The molecule has 2 aromatic carbocycles. The zero-order valence-electron chi connectivity index (χ0n) is 17.5. The Morgan fingerprint density at radius 1 is 1.19 bits per heavy atom. The van der Waals surface area contributed by atoms with E-state index in [0.717, 1.165) is 47.6 Å². The van der Waals surface area contributed by atoms with Gasteiger partial charge in [-0.05, 0) is 24.3 Å². The number of nitriles is 1. The number of allylic oxidation sites excluding steroid dienone is 1. The van der Waals surface area contributed by atoms with Gasteiger partial charge < -0.3 is 19.9 Å². The van der Waals surface area contributed by atoms with Crippen molar-refractivity contribution in [3.8, 4) is 6.07 Å². The van der Waals surface area contributed by atoms with Gasteiger partial charge in [0.05, 0.1) is 24.1 Å². The number of imidazole rings is 1. The highest BCUT2D eigenvalue weighted by molar-refractivity contribution is 5.92. The molecule has 0 atom stereocenters. The summed E-state index contributed by atoms with van der Waals surface area (Å²) in [6.07, 6.45) is 1.49. The molecule has 1 amide bonds. The third-order valence-electron chi connectivity index (χ3n) is 5.93. The molecule has 1 aliphatic rings. The molecule has 0 radical (unpaired) electrons. The molecular weight excluding hydrogens is 390 g/mol. The van der Waals surface area contributed by atoms with Crippen molar-refractivity contribution >= 4 is 28.2 Å². The maximum Gasteiger partial charge on any atom is 0.227 e. The van der Waals surface area contributed by atoms with Crippen LogP contribution in [0.1, 0.15) is 18.7 Å². The first-order valence-corrected chi connectivity index (χ1v) is 10.5. The van der Waals surface area contributed by atoms with Crippen LogP contribution in [0.2, 0.25) is 0 Å². The number of anilines is 1. The lowest BCUT2D eigenvalue weighted by atomic mass is 9.95. The molecule has 0 spiro atoms. The fourth-order valence-corrected chi connectivity index (χ4v) is 4.17. The molecule has 158 valence electrons. The van der Waals surface area contributed by atoms with Crippen LogP contribution in [0, 0.1) is 17.2 Å². The van der Waals surface area contributed by atoms with Crippen molar-refractivity contribution in [3.63, 3.8) is 0 Å². The normalized spacial score (nSPS) is 19.5. The van der Waals surface area contributed by atoms with Gasteiger partial charge in [-0.3, -0.25) is 4.79 Å². The molecule has 2 heterocycles. The van der Waals surface area contributed by atoms with Gasteiger partial charge >= 0.3 is 0 Å². The van der Waals surface area contributed by atoms with Crippen molar-refractivity contribution in [3.05, 3.63) is 66.2 Å². The molecule has 1 fully saturated rings. The van der Waals surface area contributed by atoms with Gasteiger partial charge in [-0.2, -0.15) is 5.26 Å². The van der Waals surface area contributed by atoms with E-state index in [1.54, 1.807) is 0 Å². The van der Waals surface area contributed by atoms with E-state index in [2.05, 4.69) is 16.4 Å². The number of para-hydroxylation sites is 3. The van der Waals surface area contributed by atoms with Gasteiger partial charge in [0, 0.05) is 31.5 Å². The summed E-state index contributed by atoms with van der Waals surface area (Å²) >= 11 is 0. The maximum absolute atomic E-state index is 12.5. The number of amides is 1. The zero-order chi connectivity index (χ0) is 21.8. The summed E-state index contributed by atoms with van der Waals surface area (Å²) in [4.78, 5) is 18.2. The lowest BCUT2D eigenvalue weighted by molar-refractivity contribution is -0.902. The number of aromatic nitrogens is 2. The van der Waals surface area contributed by atoms with Crippen LogP contribution >= 0.6 is 0 Å². The molecular formula is C24H26N5O2+. The number of nitrogens with zero attached hydrogens (tertiary/aromatic N) is 3. The minimum atomic E-state index is -0.0367. The quantitative estimate of drug-likeness (QED) is 0.439. The fraction of sp³-hybridized carbons (Fsp3) is 0.292. The van der Waals surface area contributed by atoms with Gasteiger partial charge in [-0.25, -0.2) is 4.98 Å². The Morgan fingerprint density at radius 2 is 1.87 bits per heavy atom. The van der Waals surface area contributed by atoms with Crippen LogP contribution in [0.25, 0.3) is 16.6 Å². The number of carbonyl (C=O) groups excluding carboxylic acids is 1. The molecule has 0 bridgehead atoms. The molecule has 7 nitrogen and oxygen atoms in total. The van der Waals surface area contributed by atoms with Crippen LogP contribution in [-0.4, -0.2) is 40.2 Å². The van der Waals surface area contributed by atoms with E-state index in [0.29, 0.717) is 12.4 Å². The van der Waals surface area contributed by atoms with Gasteiger partial charge in [-0.1, -0.05) is 30.3 Å². The molecule has 3 N–H and O–H groups in total. The van der Waals surface area contributed by atoms with Crippen LogP contribution in [0.5, 0.6) is 0 Å². The first-order chi connectivity index (χ1) is 15.1. The number of quaternary nitrogens is 1. The van der Waals surface area contributed by atoms with Gasteiger partial charge in [0.1, 0.15) is 18.2 Å². The van der Waals surface area contributed by atoms with Crippen molar-refractivity contribution in [2.24, 2.45) is 13.0 Å². The number of fused-ring (bicyclic) bond motifs is 1. The molecule has 1 aliphatic heterocycles. The molecule has 1 saturated heterocycles.